The van der Waals surface area contributed by atoms with Gasteiger partial charge in [-0.05, 0) is 56.7 Å². The summed E-state index contributed by atoms with van der Waals surface area (Å²) in [4.78, 5) is 37.3. The number of halogens is 1. The standard InChI is InChI=1S/C22H20ClNO6S/c1-4-28-22(27)18-12(2)19(13(3)25)31-21(18)24-20(26)17-9-8-16(30-17)11-29-15-7-5-6-14(23)10-15/h5-10H,4,11H2,1-3H3,(H,24,26). The third kappa shape index (κ3) is 5.34. The number of esters is 1. The van der Waals surface area contributed by atoms with Gasteiger partial charge in [-0.1, -0.05) is 17.7 Å². The molecule has 0 saturated carbocycles. The Morgan fingerprint density at radius 3 is 2.65 bits per heavy atom. The average molecular weight is 462 g/mol. The summed E-state index contributed by atoms with van der Waals surface area (Å²) in [5.74, 6) is -0.325. The molecule has 1 aromatic carbocycles. The minimum Gasteiger partial charge on any atom is -0.486 e. The van der Waals surface area contributed by atoms with E-state index in [1.54, 1.807) is 44.2 Å². The second-order valence-electron chi connectivity index (χ2n) is 6.50. The third-order valence-electron chi connectivity index (χ3n) is 4.24. The highest BCUT2D eigenvalue weighted by atomic mass is 35.5. The molecule has 162 valence electrons. The molecule has 2 heterocycles. The number of carbonyl (C=O) groups is 3. The molecule has 3 rings (SSSR count). The van der Waals surface area contributed by atoms with Crippen molar-refractivity contribution < 1.29 is 28.3 Å². The summed E-state index contributed by atoms with van der Waals surface area (Å²) in [7, 11) is 0. The third-order valence-corrected chi connectivity index (χ3v) is 5.78. The van der Waals surface area contributed by atoms with Crippen molar-refractivity contribution in [3.63, 3.8) is 0 Å². The fourth-order valence-corrected chi connectivity index (χ4v) is 4.11. The van der Waals surface area contributed by atoms with Crippen LogP contribution in [-0.4, -0.2) is 24.3 Å². The monoisotopic (exact) mass is 461 g/mol. The van der Waals surface area contributed by atoms with Gasteiger partial charge in [0.05, 0.1) is 17.0 Å². The lowest BCUT2D eigenvalue weighted by Crippen LogP contribution is -2.14. The molecule has 0 radical (unpaired) electrons. The van der Waals surface area contributed by atoms with Gasteiger partial charge >= 0.3 is 5.97 Å². The maximum absolute atomic E-state index is 12.7. The molecule has 0 saturated heterocycles. The number of thiophene rings is 1. The number of anilines is 1. The van der Waals surface area contributed by atoms with Crippen molar-refractivity contribution in [2.75, 3.05) is 11.9 Å². The highest BCUT2D eigenvalue weighted by molar-refractivity contribution is 7.18. The number of hydrogen-bond acceptors (Lipinski definition) is 7. The van der Waals surface area contributed by atoms with Crippen LogP contribution in [-0.2, 0) is 11.3 Å². The molecule has 0 unspecified atom stereocenters. The molecule has 2 aromatic heterocycles. The molecular formula is C22H20ClNO6S. The number of amides is 1. The van der Waals surface area contributed by atoms with Gasteiger partial charge in [-0.2, -0.15) is 0 Å². The fourth-order valence-electron chi connectivity index (χ4n) is 2.84. The first-order chi connectivity index (χ1) is 14.8. The summed E-state index contributed by atoms with van der Waals surface area (Å²) in [5.41, 5.74) is 0.641. The minimum absolute atomic E-state index is 0.0370. The van der Waals surface area contributed by atoms with Crippen molar-refractivity contribution in [3.8, 4) is 5.75 Å². The first-order valence-corrected chi connectivity index (χ1v) is 10.6. The van der Waals surface area contributed by atoms with Gasteiger partial charge < -0.3 is 19.2 Å². The minimum atomic E-state index is -0.603. The summed E-state index contributed by atoms with van der Waals surface area (Å²) in [6.45, 7) is 5.00. The molecule has 0 fully saturated rings. The van der Waals surface area contributed by atoms with Crippen molar-refractivity contribution in [2.24, 2.45) is 0 Å². The maximum Gasteiger partial charge on any atom is 0.341 e. The van der Waals surface area contributed by atoms with Gasteiger partial charge in [0.15, 0.2) is 11.5 Å². The van der Waals surface area contributed by atoms with Gasteiger partial charge in [0, 0.05) is 5.02 Å². The molecular weight excluding hydrogens is 442 g/mol. The highest BCUT2D eigenvalue weighted by Crippen LogP contribution is 2.34. The van der Waals surface area contributed by atoms with E-state index in [0.717, 1.165) is 11.3 Å². The normalized spacial score (nSPS) is 10.6. The second-order valence-corrected chi connectivity index (χ2v) is 7.96. The van der Waals surface area contributed by atoms with Gasteiger partial charge in [-0.25, -0.2) is 4.79 Å². The van der Waals surface area contributed by atoms with Gasteiger partial charge in [0.1, 0.15) is 23.1 Å². The number of nitrogens with one attached hydrogen (secondary N) is 1. The van der Waals surface area contributed by atoms with Crippen LogP contribution in [0.5, 0.6) is 5.75 Å². The van der Waals surface area contributed by atoms with E-state index in [-0.39, 0.29) is 35.3 Å². The largest absolute Gasteiger partial charge is 0.486 e. The van der Waals surface area contributed by atoms with Crippen LogP contribution in [0.3, 0.4) is 0 Å². The summed E-state index contributed by atoms with van der Waals surface area (Å²) in [6.07, 6.45) is 0. The van der Waals surface area contributed by atoms with Crippen molar-refractivity contribution in [3.05, 3.63) is 68.9 Å². The van der Waals surface area contributed by atoms with Crippen LogP contribution < -0.4 is 10.1 Å². The van der Waals surface area contributed by atoms with Gasteiger partial charge in [0.2, 0.25) is 0 Å². The van der Waals surface area contributed by atoms with Crippen LogP contribution in [0.4, 0.5) is 5.00 Å². The number of Topliss-reactive ketones (excluding diaryl/α,β-unsaturated/α-hetero) is 1. The number of ketones is 1. The number of hydrogen-bond donors (Lipinski definition) is 1. The van der Waals surface area contributed by atoms with E-state index in [1.165, 1.54) is 13.0 Å². The molecule has 0 aliphatic heterocycles. The predicted molar refractivity (Wildman–Crippen MR) is 117 cm³/mol. The zero-order valence-corrected chi connectivity index (χ0v) is 18.7. The molecule has 1 amide bonds. The molecule has 9 heteroatoms. The summed E-state index contributed by atoms with van der Waals surface area (Å²) < 4.78 is 16.2. The Kier molecular flexibility index (Phi) is 7.14. The molecule has 31 heavy (non-hydrogen) atoms. The molecule has 0 aliphatic rings. The molecule has 0 aliphatic carbocycles. The number of ether oxygens (including phenoxy) is 2. The Morgan fingerprint density at radius 1 is 1.19 bits per heavy atom. The SMILES string of the molecule is CCOC(=O)c1c(NC(=O)c2ccc(COc3cccc(Cl)c3)o2)sc(C(C)=O)c1C. The number of carbonyl (C=O) groups excluding carboxylic acids is 3. The molecule has 3 aromatic rings. The fraction of sp³-hybridized carbons (Fsp3) is 0.227. The lowest BCUT2D eigenvalue weighted by molar-refractivity contribution is 0.0527. The van der Waals surface area contributed by atoms with E-state index < -0.39 is 11.9 Å². The van der Waals surface area contributed by atoms with Crippen LogP contribution in [0.25, 0.3) is 0 Å². The maximum atomic E-state index is 12.7. The molecule has 7 nitrogen and oxygen atoms in total. The topological polar surface area (TPSA) is 94.8 Å². The van der Waals surface area contributed by atoms with Gasteiger partial charge in [-0.15, -0.1) is 11.3 Å². The summed E-state index contributed by atoms with van der Waals surface area (Å²) in [5, 5.41) is 3.43. The van der Waals surface area contributed by atoms with Gasteiger partial charge in [0.25, 0.3) is 5.91 Å². The Hall–Kier alpha value is -3.10. The average Bonchev–Trinajstić information content (AvgIpc) is 3.31. The summed E-state index contributed by atoms with van der Waals surface area (Å²) in [6, 6.07) is 10.0. The van der Waals surface area contributed by atoms with E-state index in [9.17, 15) is 14.4 Å². The van der Waals surface area contributed by atoms with Crippen molar-refractivity contribution in [1.29, 1.82) is 0 Å². The molecule has 1 N–H and O–H groups in total. The molecule has 0 spiro atoms. The van der Waals surface area contributed by atoms with Crippen molar-refractivity contribution >= 4 is 45.6 Å². The Bertz CT molecular complexity index is 1130. The quantitative estimate of drug-likeness (QED) is 0.351. The zero-order chi connectivity index (χ0) is 22.5. The van der Waals surface area contributed by atoms with Crippen LogP contribution in [0.15, 0.2) is 40.8 Å². The van der Waals surface area contributed by atoms with E-state index in [1.807, 2.05) is 0 Å². The molecule has 0 atom stereocenters. The van der Waals surface area contributed by atoms with E-state index >= 15 is 0 Å². The number of furan rings is 1. The van der Waals surface area contributed by atoms with Crippen LogP contribution >= 0.6 is 22.9 Å². The zero-order valence-electron chi connectivity index (χ0n) is 17.1. The van der Waals surface area contributed by atoms with Crippen LogP contribution in [0.1, 0.15) is 55.8 Å². The first-order valence-electron chi connectivity index (χ1n) is 9.40. The van der Waals surface area contributed by atoms with Crippen LogP contribution in [0, 0.1) is 6.92 Å². The van der Waals surface area contributed by atoms with E-state index in [0.29, 0.717) is 27.0 Å². The highest BCUT2D eigenvalue weighted by Gasteiger charge is 2.26. The van der Waals surface area contributed by atoms with E-state index in [2.05, 4.69) is 5.32 Å². The van der Waals surface area contributed by atoms with Crippen LogP contribution in [0.2, 0.25) is 5.02 Å². The van der Waals surface area contributed by atoms with Gasteiger partial charge in [-0.3, -0.25) is 9.59 Å². The lowest BCUT2D eigenvalue weighted by atomic mass is 10.1. The second kappa shape index (κ2) is 9.80. The van der Waals surface area contributed by atoms with E-state index in [4.69, 9.17) is 25.5 Å². The molecule has 0 bridgehead atoms. The Morgan fingerprint density at radius 2 is 1.97 bits per heavy atom. The Labute approximate surface area is 187 Å². The summed E-state index contributed by atoms with van der Waals surface area (Å²) >= 11 is 6.95. The smallest absolute Gasteiger partial charge is 0.341 e. The lowest BCUT2D eigenvalue weighted by Gasteiger charge is -2.06. The predicted octanol–water partition coefficient (Wildman–Crippen LogP) is 5.51. The number of benzene rings is 1. The van der Waals surface area contributed by atoms with Crippen molar-refractivity contribution in [2.45, 2.75) is 27.4 Å². The Balaban J connectivity index is 1.75. The van der Waals surface area contributed by atoms with Crippen molar-refractivity contribution in [1.82, 2.24) is 0 Å². The first kappa shape index (κ1) is 22.6. The number of rotatable bonds is 8.